The van der Waals surface area contributed by atoms with Gasteiger partial charge in [0.05, 0.1) is 11.8 Å². The molecule has 16 nitrogen and oxygen atoms in total. The van der Waals surface area contributed by atoms with Gasteiger partial charge in [-0.2, -0.15) is 0 Å². The van der Waals surface area contributed by atoms with Crippen molar-refractivity contribution in [3.8, 4) is 5.75 Å². The molecule has 0 aliphatic carbocycles. The summed E-state index contributed by atoms with van der Waals surface area (Å²) in [6, 6.07) is 1.86. The molecular formula is C31H37F2N4O12P. The first-order valence-electron chi connectivity index (χ1n) is 15.8. The summed E-state index contributed by atoms with van der Waals surface area (Å²) in [6.07, 6.45) is -1.02. The third-order valence-corrected chi connectivity index (χ3v) is 9.53. The lowest BCUT2D eigenvalue weighted by atomic mass is 9.84. The Morgan fingerprint density at radius 1 is 1.26 bits per heavy atom. The Bertz CT molecular complexity index is 1820. The number of rotatable bonds is 11. The van der Waals surface area contributed by atoms with Gasteiger partial charge in [0.25, 0.3) is 11.8 Å². The summed E-state index contributed by atoms with van der Waals surface area (Å²) in [7, 11) is -4.90. The molecule has 0 radical (unpaired) electrons. The number of fused-ring (bicyclic) bond motifs is 5. The lowest BCUT2D eigenvalue weighted by molar-refractivity contribution is -0.0660. The number of aromatic nitrogens is 1. The maximum Gasteiger partial charge on any atom is 0.511 e. The van der Waals surface area contributed by atoms with Gasteiger partial charge in [0.2, 0.25) is 18.0 Å². The van der Waals surface area contributed by atoms with E-state index in [9.17, 15) is 32.5 Å². The number of carbonyl (C=O) groups is 3. The molecular weight excluding hydrogens is 689 g/mol. The fourth-order valence-corrected chi connectivity index (χ4v) is 7.08. The Hall–Kier alpha value is -4.38. The monoisotopic (exact) mass is 726 g/mol. The van der Waals surface area contributed by atoms with E-state index in [1.807, 2.05) is 6.92 Å². The zero-order valence-electron chi connectivity index (χ0n) is 27.6. The predicted molar refractivity (Wildman–Crippen MR) is 168 cm³/mol. The number of nitrogens with one attached hydrogen (secondary N) is 1. The van der Waals surface area contributed by atoms with Crippen molar-refractivity contribution in [1.82, 2.24) is 14.8 Å². The number of carbonyl (C=O) groups excluding carboxylic acids is 3. The Balaban J connectivity index is 1.47. The summed E-state index contributed by atoms with van der Waals surface area (Å²) in [6.45, 7) is 5.26. The number of phosphoric acid groups is 1. The van der Waals surface area contributed by atoms with Crippen molar-refractivity contribution in [2.75, 3.05) is 13.3 Å². The Morgan fingerprint density at radius 3 is 2.64 bits per heavy atom. The van der Waals surface area contributed by atoms with Gasteiger partial charge in [-0.3, -0.25) is 18.9 Å². The molecule has 1 saturated heterocycles. The van der Waals surface area contributed by atoms with E-state index in [2.05, 4.69) is 15.0 Å². The second kappa shape index (κ2) is 14.5. The largest absolute Gasteiger partial charge is 0.511 e. The minimum Gasteiger partial charge on any atom is -0.451 e. The van der Waals surface area contributed by atoms with Crippen molar-refractivity contribution in [3.05, 3.63) is 63.1 Å². The van der Waals surface area contributed by atoms with E-state index >= 15 is 0 Å². The third kappa shape index (κ3) is 7.67. The first-order valence-corrected chi connectivity index (χ1v) is 17.3. The highest BCUT2D eigenvalue weighted by Gasteiger charge is 2.54. The Morgan fingerprint density at radius 2 is 2.00 bits per heavy atom. The van der Waals surface area contributed by atoms with Crippen LogP contribution in [0.3, 0.4) is 0 Å². The van der Waals surface area contributed by atoms with E-state index < -0.39 is 91.4 Å². The van der Waals surface area contributed by atoms with Crippen LogP contribution >= 0.6 is 7.82 Å². The van der Waals surface area contributed by atoms with Gasteiger partial charge in [-0.05, 0) is 46.1 Å². The number of nitrogens with zero attached hydrogens (tertiary/aromatic N) is 3. The molecule has 0 unspecified atom stereocenters. The van der Waals surface area contributed by atoms with Crippen molar-refractivity contribution < 1.29 is 61.1 Å². The number of phosphoric ester groups is 1. The highest BCUT2D eigenvalue weighted by atomic mass is 31.2. The maximum absolute atomic E-state index is 14.3. The first-order chi connectivity index (χ1) is 23.5. The highest BCUT2D eigenvalue weighted by molar-refractivity contribution is 7.46. The van der Waals surface area contributed by atoms with E-state index in [0.717, 1.165) is 12.1 Å². The summed E-state index contributed by atoms with van der Waals surface area (Å²) in [5.74, 6) is -3.91. The lowest BCUT2D eigenvalue weighted by Gasteiger charge is -2.42. The molecule has 2 bridgehead atoms. The molecule has 1 fully saturated rings. The van der Waals surface area contributed by atoms with Crippen LogP contribution in [0.4, 0.5) is 13.6 Å². The quantitative estimate of drug-likeness (QED) is 0.173. The van der Waals surface area contributed by atoms with Crippen LogP contribution in [0.2, 0.25) is 0 Å². The van der Waals surface area contributed by atoms with E-state index in [1.165, 1.54) is 17.7 Å². The zero-order chi connectivity index (χ0) is 36.5. The smallest absolute Gasteiger partial charge is 0.451 e. The van der Waals surface area contributed by atoms with E-state index in [0.29, 0.717) is 31.0 Å². The average molecular weight is 727 g/mol. The van der Waals surface area contributed by atoms with Crippen LogP contribution in [0.15, 0.2) is 34.3 Å². The van der Waals surface area contributed by atoms with Gasteiger partial charge in [-0.15, -0.1) is 0 Å². The third-order valence-electron chi connectivity index (χ3n) is 8.98. The molecule has 19 heteroatoms. The zero-order valence-corrected chi connectivity index (χ0v) is 28.5. The number of halogens is 2. The Labute approximate surface area is 284 Å². The fraction of sp³-hybridized carbons (Fsp3) is 0.516. The van der Waals surface area contributed by atoms with E-state index in [1.54, 1.807) is 18.7 Å². The van der Waals surface area contributed by atoms with Crippen molar-refractivity contribution in [2.24, 2.45) is 5.16 Å². The first kappa shape index (κ1) is 36.9. The minimum atomic E-state index is -4.90. The van der Waals surface area contributed by atoms with E-state index in [-0.39, 0.29) is 30.3 Å². The molecule has 3 N–H and O–H groups in total. The van der Waals surface area contributed by atoms with Gasteiger partial charge in [0, 0.05) is 43.4 Å². The van der Waals surface area contributed by atoms with Crippen LogP contribution in [0.25, 0.3) is 0 Å². The topological polar surface area (TPSA) is 205 Å². The summed E-state index contributed by atoms with van der Waals surface area (Å²) >= 11 is 0. The summed E-state index contributed by atoms with van der Waals surface area (Å²) in [5, 5.41) is 6.61. The molecule has 3 aliphatic heterocycles. The standard InChI is InChI=1S/C31H37F2N4O12P/c1-5-23(48-50(42,43)44)18(4)47-30(41)46-15-45-27-25-29(40)36-14-24(31(9-8-17(36)3)11-16(2)35-49-31)37(25)13-21(26(27)38)28(39)34-12-19-6-7-20(32)10-22(19)33/h6-7,10,13,17-18,23-24H,5,8-9,11-12,14-15H2,1-4H3,(H,34,39)(H2,42,43,44)/t17-,18+,23+,24+,31-/m0/s1. The molecule has 1 aromatic carbocycles. The molecule has 1 aromatic heterocycles. The van der Waals surface area contributed by atoms with Crippen LogP contribution < -0.4 is 15.5 Å². The fourth-order valence-electron chi connectivity index (χ4n) is 6.41. The van der Waals surface area contributed by atoms with Gasteiger partial charge >= 0.3 is 14.0 Å². The number of pyridine rings is 1. The number of hydrogen-bond acceptors (Lipinski definition) is 11. The van der Waals surface area contributed by atoms with Gasteiger partial charge in [-0.25, -0.2) is 18.1 Å². The molecule has 5 atom stereocenters. The van der Waals surface area contributed by atoms with Crippen LogP contribution in [0.1, 0.15) is 85.8 Å². The van der Waals surface area contributed by atoms with Crippen molar-refractivity contribution in [2.45, 2.75) is 89.8 Å². The van der Waals surface area contributed by atoms with Crippen LogP contribution in [0, 0.1) is 11.6 Å². The molecule has 1 spiro atoms. The number of ether oxygens (including phenoxy) is 3. The SMILES string of the molecule is CC[C@@H](OP(=O)(O)O)[C@@H](C)OC(=O)OCOc1c2n(cc(C(=O)NCc3ccc(F)cc3F)c1=O)[C@@H]1CN(C2=O)[C@@H](C)CC[C@]12CC(C)=NO2. The van der Waals surface area contributed by atoms with Crippen LogP contribution in [-0.4, -0.2) is 80.1 Å². The molecule has 2 aromatic rings. The molecule has 0 saturated carbocycles. The summed E-state index contributed by atoms with van der Waals surface area (Å²) < 4.78 is 60.7. The molecule has 5 rings (SSSR count). The maximum atomic E-state index is 14.3. The normalized spacial score (nSPS) is 22.5. The second-order valence-electron chi connectivity index (χ2n) is 12.4. The predicted octanol–water partition coefficient (Wildman–Crippen LogP) is 3.54. The summed E-state index contributed by atoms with van der Waals surface area (Å²) in [4.78, 5) is 79.7. The number of oxime groups is 1. The molecule has 2 amide bonds. The minimum absolute atomic E-state index is 0.0542. The van der Waals surface area contributed by atoms with Crippen LogP contribution in [-0.2, 0) is 29.9 Å². The lowest BCUT2D eigenvalue weighted by Crippen LogP contribution is -2.52. The Kier molecular flexibility index (Phi) is 10.7. The van der Waals surface area contributed by atoms with Crippen molar-refractivity contribution in [1.29, 1.82) is 0 Å². The van der Waals surface area contributed by atoms with Crippen molar-refractivity contribution in [3.63, 3.8) is 0 Å². The van der Waals surface area contributed by atoms with Gasteiger partial charge in [-0.1, -0.05) is 18.1 Å². The number of benzene rings is 1. The highest BCUT2D eigenvalue weighted by Crippen LogP contribution is 2.46. The molecule has 4 heterocycles. The van der Waals surface area contributed by atoms with Gasteiger partial charge < -0.3 is 43.6 Å². The van der Waals surface area contributed by atoms with Gasteiger partial charge in [0.1, 0.15) is 29.4 Å². The van der Waals surface area contributed by atoms with Crippen molar-refractivity contribution >= 4 is 31.5 Å². The van der Waals surface area contributed by atoms with E-state index in [4.69, 9.17) is 28.8 Å². The molecule has 272 valence electrons. The van der Waals surface area contributed by atoms with Gasteiger partial charge in [0.15, 0.2) is 11.3 Å². The van der Waals surface area contributed by atoms with Crippen LogP contribution in [0.5, 0.6) is 5.75 Å². The number of hydrogen-bond donors (Lipinski definition) is 3. The second-order valence-corrected chi connectivity index (χ2v) is 13.6. The number of amides is 2. The summed E-state index contributed by atoms with van der Waals surface area (Å²) in [5.41, 5.74) is -2.07. The average Bonchev–Trinajstić information content (AvgIpc) is 3.37. The molecule has 3 aliphatic rings. The molecule has 50 heavy (non-hydrogen) atoms.